The smallest absolute Gasteiger partial charge is 0.0645 e. The van der Waals surface area contributed by atoms with Crippen LogP contribution in [0.1, 0.15) is 45.4 Å². The van der Waals surface area contributed by atoms with Crippen molar-refractivity contribution in [3.8, 4) is 0 Å². The van der Waals surface area contributed by atoms with E-state index in [1.807, 2.05) is 0 Å². The van der Waals surface area contributed by atoms with Crippen molar-refractivity contribution >= 4 is 0 Å². The van der Waals surface area contributed by atoms with Gasteiger partial charge in [0.05, 0.1) is 6.61 Å². The number of nitrogens with one attached hydrogen (secondary N) is 1. The van der Waals surface area contributed by atoms with Gasteiger partial charge in [0.15, 0.2) is 0 Å². The van der Waals surface area contributed by atoms with Gasteiger partial charge in [0.1, 0.15) is 0 Å². The third-order valence-electron chi connectivity index (χ3n) is 4.08. The van der Waals surface area contributed by atoms with Gasteiger partial charge in [-0.25, -0.2) is 0 Å². The Morgan fingerprint density at radius 1 is 1.38 bits per heavy atom. The zero-order chi connectivity index (χ0) is 11.4. The van der Waals surface area contributed by atoms with E-state index in [2.05, 4.69) is 12.2 Å². The fourth-order valence-electron chi connectivity index (χ4n) is 2.98. The Hall–Kier alpha value is -0.120. The van der Waals surface area contributed by atoms with E-state index in [0.29, 0.717) is 6.04 Å². The highest BCUT2D eigenvalue weighted by atomic mass is 16.5. The van der Waals surface area contributed by atoms with E-state index in [1.165, 1.54) is 38.5 Å². The standard InChI is InChI=1S/C13H26N2O/c1-13(6-3-7-16-10-13)15-9-11-4-2-5-12(14)8-11/h11-12,15H,2-10,14H2,1H3. The Labute approximate surface area is 99.1 Å². The summed E-state index contributed by atoms with van der Waals surface area (Å²) in [4.78, 5) is 0. The summed E-state index contributed by atoms with van der Waals surface area (Å²) >= 11 is 0. The molecule has 1 aliphatic heterocycles. The van der Waals surface area contributed by atoms with E-state index < -0.39 is 0 Å². The molecule has 1 saturated heterocycles. The SMILES string of the molecule is CC1(NCC2CCCC(N)C2)CCCOC1. The lowest BCUT2D eigenvalue weighted by molar-refractivity contribution is 0.0259. The van der Waals surface area contributed by atoms with Crippen molar-refractivity contribution in [3.63, 3.8) is 0 Å². The van der Waals surface area contributed by atoms with Crippen molar-refractivity contribution in [3.05, 3.63) is 0 Å². The maximum absolute atomic E-state index is 6.01. The van der Waals surface area contributed by atoms with Gasteiger partial charge in [-0.15, -0.1) is 0 Å². The van der Waals surface area contributed by atoms with Gasteiger partial charge in [0.25, 0.3) is 0 Å². The van der Waals surface area contributed by atoms with E-state index in [4.69, 9.17) is 10.5 Å². The van der Waals surface area contributed by atoms with Crippen molar-refractivity contribution < 1.29 is 4.74 Å². The van der Waals surface area contributed by atoms with Crippen LogP contribution in [0.25, 0.3) is 0 Å². The zero-order valence-corrected chi connectivity index (χ0v) is 10.5. The monoisotopic (exact) mass is 226 g/mol. The summed E-state index contributed by atoms with van der Waals surface area (Å²) in [5.74, 6) is 0.780. The van der Waals surface area contributed by atoms with Crippen LogP contribution in [-0.4, -0.2) is 31.3 Å². The molecule has 2 rings (SSSR count). The van der Waals surface area contributed by atoms with Crippen LogP contribution < -0.4 is 11.1 Å². The lowest BCUT2D eigenvalue weighted by Crippen LogP contribution is -2.51. The van der Waals surface area contributed by atoms with Crippen molar-refractivity contribution in [1.82, 2.24) is 5.32 Å². The average Bonchev–Trinajstić information content (AvgIpc) is 2.28. The largest absolute Gasteiger partial charge is 0.380 e. The minimum absolute atomic E-state index is 0.208. The lowest BCUT2D eigenvalue weighted by Gasteiger charge is -2.37. The molecule has 3 heteroatoms. The van der Waals surface area contributed by atoms with Gasteiger partial charge in [-0.3, -0.25) is 0 Å². The number of hydrogen-bond acceptors (Lipinski definition) is 3. The Kier molecular flexibility index (Phi) is 4.22. The second kappa shape index (κ2) is 5.48. The number of hydrogen-bond donors (Lipinski definition) is 2. The molecule has 0 amide bonds. The van der Waals surface area contributed by atoms with Crippen LogP contribution in [0, 0.1) is 5.92 Å². The summed E-state index contributed by atoms with van der Waals surface area (Å²) in [7, 11) is 0. The Bertz CT molecular complexity index is 214. The van der Waals surface area contributed by atoms with Crippen LogP contribution in [0.5, 0.6) is 0 Å². The quantitative estimate of drug-likeness (QED) is 0.769. The van der Waals surface area contributed by atoms with Crippen LogP contribution >= 0.6 is 0 Å². The Morgan fingerprint density at radius 3 is 2.94 bits per heavy atom. The minimum atomic E-state index is 0.208. The highest BCUT2D eigenvalue weighted by Gasteiger charge is 2.28. The molecule has 0 aromatic heterocycles. The van der Waals surface area contributed by atoms with Gasteiger partial charge >= 0.3 is 0 Å². The first-order chi connectivity index (χ1) is 7.68. The molecule has 3 N–H and O–H groups in total. The van der Waals surface area contributed by atoms with Crippen LogP contribution in [0.2, 0.25) is 0 Å². The topological polar surface area (TPSA) is 47.3 Å². The van der Waals surface area contributed by atoms with Gasteiger partial charge in [-0.2, -0.15) is 0 Å². The van der Waals surface area contributed by atoms with E-state index in [-0.39, 0.29) is 5.54 Å². The maximum atomic E-state index is 6.01. The van der Waals surface area contributed by atoms with Gasteiger partial charge in [-0.1, -0.05) is 6.42 Å². The fraction of sp³-hybridized carbons (Fsp3) is 1.00. The molecule has 1 heterocycles. The predicted octanol–water partition coefficient (Wildman–Crippen LogP) is 1.66. The van der Waals surface area contributed by atoms with Crippen molar-refractivity contribution in [2.75, 3.05) is 19.8 Å². The first kappa shape index (κ1) is 12.3. The van der Waals surface area contributed by atoms with E-state index in [9.17, 15) is 0 Å². The lowest BCUT2D eigenvalue weighted by atomic mass is 9.85. The van der Waals surface area contributed by atoms with Crippen molar-refractivity contribution in [1.29, 1.82) is 0 Å². The molecule has 3 unspecified atom stereocenters. The van der Waals surface area contributed by atoms with Crippen LogP contribution in [0.3, 0.4) is 0 Å². The maximum Gasteiger partial charge on any atom is 0.0645 e. The van der Waals surface area contributed by atoms with Gasteiger partial charge in [0, 0.05) is 18.2 Å². The second-order valence-electron chi connectivity index (χ2n) is 5.89. The van der Waals surface area contributed by atoms with Crippen LogP contribution in [0.4, 0.5) is 0 Å². The number of nitrogens with two attached hydrogens (primary N) is 1. The summed E-state index contributed by atoms with van der Waals surface area (Å²) < 4.78 is 5.56. The molecular weight excluding hydrogens is 200 g/mol. The normalized spacial score (nSPS) is 40.9. The zero-order valence-electron chi connectivity index (χ0n) is 10.5. The average molecular weight is 226 g/mol. The highest BCUT2D eigenvalue weighted by molar-refractivity contribution is 4.87. The molecule has 0 spiro atoms. The van der Waals surface area contributed by atoms with Gasteiger partial charge < -0.3 is 15.8 Å². The van der Waals surface area contributed by atoms with E-state index >= 15 is 0 Å². The van der Waals surface area contributed by atoms with E-state index in [1.54, 1.807) is 0 Å². The molecule has 3 atom stereocenters. The summed E-state index contributed by atoms with van der Waals surface area (Å²) in [5.41, 5.74) is 6.22. The van der Waals surface area contributed by atoms with Crippen LogP contribution in [0.15, 0.2) is 0 Å². The Morgan fingerprint density at radius 2 is 2.25 bits per heavy atom. The molecule has 1 aliphatic carbocycles. The highest BCUT2D eigenvalue weighted by Crippen LogP contribution is 2.24. The van der Waals surface area contributed by atoms with E-state index in [0.717, 1.165) is 25.7 Å². The third-order valence-corrected chi connectivity index (χ3v) is 4.08. The summed E-state index contributed by atoms with van der Waals surface area (Å²) in [6.07, 6.45) is 7.50. The molecule has 94 valence electrons. The molecule has 3 nitrogen and oxygen atoms in total. The fourth-order valence-corrected chi connectivity index (χ4v) is 2.98. The summed E-state index contributed by atoms with van der Waals surface area (Å²) in [5, 5.41) is 3.71. The number of rotatable bonds is 3. The summed E-state index contributed by atoms with van der Waals surface area (Å²) in [6, 6.07) is 0.441. The molecular formula is C13H26N2O. The molecule has 0 radical (unpaired) electrons. The molecule has 2 fully saturated rings. The Balaban J connectivity index is 1.73. The number of ether oxygens (including phenoxy) is 1. The first-order valence-corrected chi connectivity index (χ1v) is 6.76. The van der Waals surface area contributed by atoms with Crippen LogP contribution in [-0.2, 0) is 4.74 Å². The molecule has 2 aliphatic rings. The molecule has 1 saturated carbocycles. The second-order valence-corrected chi connectivity index (χ2v) is 5.89. The van der Waals surface area contributed by atoms with Gasteiger partial charge in [-0.05, 0) is 51.5 Å². The molecule has 0 bridgehead atoms. The third kappa shape index (κ3) is 3.44. The minimum Gasteiger partial charge on any atom is -0.380 e. The molecule has 16 heavy (non-hydrogen) atoms. The van der Waals surface area contributed by atoms with Crippen molar-refractivity contribution in [2.45, 2.75) is 57.0 Å². The molecule has 0 aromatic rings. The molecule has 0 aromatic carbocycles. The summed E-state index contributed by atoms with van der Waals surface area (Å²) in [6.45, 7) is 5.21. The first-order valence-electron chi connectivity index (χ1n) is 6.76. The predicted molar refractivity (Wildman–Crippen MR) is 66.4 cm³/mol. The van der Waals surface area contributed by atoms with Gasteiger partial charge in [0.2, 0.25) is 0 Å². The van der Waals surface area contributed by atoms with Crippen molar-refractivity contribution in [2.24, 2.45) is 11.7 Å².